The molecular formula is C12H12N2O2. The molecule has 0 bridgehead atoms. The van der Waals surface area contributed by atoms with E-state index in [-0.39, 0.29) is 5.97 Å². The van der Waals surface area contributed by atoms with Gasteiger partial charge in [-0.2, -0.15) is 0 Å². The molecule has 0 aliphatic carbocycles. The second kappa shape index (κ2) is 4.61. The lowest BCUT2D eigenvalue weighted by molar-refractivity contribution is 0.0726. The zero-order valence-electron chi connectivity index (χ0n) is 8.96. The highest BCUT2D eigenvalue weighted by molar-refractivity contribution is 5.90. The molecule has 1 aromatic carbocycles. The molecule has 0 aliphatic heterocycles. The van der Waals surface area contributed by atoms with E-state index < -0.39 is 0 Å². The van der Waals surface area contributed by atoms with E-state index >= 15 is 0 Å². The summed E-state index contributed by atoms with van der Waals surface area (Å²) >= 11 is 0. The summed E-state index contributed by atoms with van der Waals surface area (Å²) < 4.78 is 6.81. The summed E-state index contributed by atoms with van der Waals surface area (Å²) in [6.45, 7) is 2.72. The molecule has 0 radical (unpaired) electrons. The molecule has 0 fully saturated rings. The summed E-state index contributed by atoms with van der Waals surface area (Å²) in [5, 5.41) is 4.07. The van der Waals surface area contributed by atoms with E-state index in [1.807, 2.05) is 13.0 Å². The molecule has 16 heavy (non-hydrogen) atoms. The standard InChI is InChI=1S/C12H12N2O2/c1-2-14-9-8-11(13-14)16-12(15)10-6-4-3-5-7-10/h3-9H,2H2,1H3. The fraction of sp³-hybridized carbons (Fsp3) is 0.167. The molecular weight excluding hydrogens is 204 g/mol. The minimum Gasteiger partial charge on any atom is -0.402 e. The number of rotatable bonds is 3. The summed E-state index contributed by atoms with van der Waals surface area (Å²) in [4.78, 5) is 11.6. The largest absolute Gasteiger partial charge is 0.402 e. The third kappa shape index (κ3) is 2.28. The molecule has 0 amide bonds. The van der Waals surface area contributed by atoms with Crippen LogP contribution in [0.15, 0.2) is 42.6 Å². The molecule has 4 nitrogen and oxygen atoms in total. The molecule has 1 aromatic heterocycles. The fourth-order valence-corrected chi connectivity index (χ4v) is 1.30. The second-order valence-electron chi connectivity index (χ2n) is 3.27. The lowest BCUT2D eigenvalue weighted by Crippen LogP contribution is -2.08. The highest BCUT2D eigenvalue weighted by atomic mass is 16.5. The van der Waals surface area contributed by atoms with Crippen LogP contribution in [-0.2, 0) is 6.54 Å². The summed E-state index contributed by atoms with van der Waals surface area (Å²) in [6, 6.07) is 10.5. The van der Waals surface area contributed by atoms with Crippen LogP contribution in [0.4, 0.5) is 0 Å². The van der Waals surface area contributed by atoms with Gasteiger partial charge in [-0.1, -0.05) is 18.2 Å². The van der Waals surface area contributed by atoms with Crippen molar-refractivity contribution in [3.05, 3.63) is 48.2 Å². The zero-order chi connectivity index (χ0) is 11.4. The van der Waals surface area contributed by atoms with E-state index in [9.17, 15) is 4.79 Å². The van der Waals surface area contributed by atoms with Crippen molar-refractivity contribution in [3.63, 3.8) is 0 Å². The average Bonchev–Trinajstić information content (AvgIpc) is 2.78. The smallest absolute Gasteiger partial charge is 0.344 e. The summed E-state index contributed by atoms with van der Waals surface area (Å²) in [7, 11) is 0. The average molecular weight is 216 g/mol. The van der Waals surface area contributed by atoms with Crippen molar-refractivity contribution < 1.29 is 9.53 Å². The fourth-order valence-electron chi connectivity index (χ4n) is 1.30. The number of carbonyl (C=O) groups is 1. The molecule has 0 unspecified atom stereocenters. The Morgan fingerprint density at radius 1 is 1.31 bits per heavy atom. The topological polar surface area (TPSA) is 44.1 Å². The Kier molecular flexibility index (Phi) is 3.00. The molecule has 2 aromatic rings. The molecule has 0 saturated carbocycles. The number of hydrogen-bond acceptors (Lipinski definition) is 3. The first-order valence-electron chi connectivity index (χ1n) is 5.10. The van der Waals surface area contributed by atoms with Crippen LogP contribution in [0, 0.1) is 0 Å². The molecule has 82 valence electrons. The normalized spacial score (nSPS) is 10.1. The third-order valence-corrected chi connectivity index (χ3v) is 2.15. The van der Waals surface area contributed by atoms with Crippen LogP contribution in [0.2, 0.25) is 0 Å². The van der Waals surface area contributed by atoms with Crippen molar-refractivity contribution in [2.75, 3.05) is 0 Å². The van der Waals surface area contributed by atoms with Crippen LogP contribution in [0.1, 0.15) is 17.3 Å². The lowest BCUT2D eigenvalue weighted by atomic mass is 10.2. The maximum absolute atomic E-state index is 11.6. The van der Waals surface area contributed by atoms with Crippen molar-refractivity contribution in [2.24, 2.45) is 0 Å². The maximum atomic E-state index is 11.6. The van der Waals surface area contributed by atoms with Gasteiger partial charge in [0.15, 0.2) is 0 Å². The van der Waals surface area contributed by atoms with Gasteiger partial charge < -0.3 is 4.74 Å². The first-order valence-corrected chi connectivity index (χ1v) is 5.10. The highest BCUT2D eigenvalue weighted by Gasteiger charge is 2.09. The predicted octanol–water partition coefficient (Wildman–Crippen LogP) is 2.12. The molecule has 2 rings (SSSR count). The van der Waals surface area contributed by atoms with Crippen molar-refractivity contribution >= 4 is 5.97 Å². The number of ether oxygens (including phenoxy) is 1. The van der Waals surface area contributed by atoms with Crippen LogP contribution in [0.5, 0.6) is 5.88 Å². The Hall–Kier alpha value is -2.10. The Morgan fingerprint density at radius 3 is 2.69 bits per heavy atom. The van der Waals surface area contributed by atoms with Crippen molar-refractivity contribution in [1.82, 2.24) is 9.78 Å². The van der Waals surface area contributed by atoms with Gasteiger partial charge in [0, 0.05) is 18.8 Å². The van der Waals surface area contributed by atoms with Gasteiger partial charge in [0.1, 0.15) is 0 Å². The van der Waals surface area contributed by atoms with Crippen LogP contribution in [-0.4, -0.2) is 15.7 Å². The number of hydrogen-bond donors (Lipinski definition) is 0. The first-order chi connectivity index (χ1) is 7.79. The molecule has 0 aliphatic rings. The van der Waals surface area contributed by atoms with Gasteiger partial charge in [-0.05, 0) is 19.1 Å². The number of carbonyl (C=O) groups excluding carboxylic acids is 1. The van der Waals surface area contributed by atoms with Crippen molar-refractivity contribution in [1.29, 1.82) is 0 Å². The van der Waals surface area contributed by atoms with Crippen LogP contribution in [0.25, 0.3) is 0 Å². The summed E-state index contributed by atoms with van der Waals surface area (Å²) in [6.07, 6.45) is 1.77. The SMILES string of the molecule is CCn1ccc(OC(=O)c2ccccc2)n1. The number of esters is 1. The van der Waals surface area contributed by atoms with E-state index in [0.29, 0.717) is 11.4 Å². The van der Waals surface area contributed by atoms with Gasteiger partial charge in [0.25, 0.3) is 0 Å². The lowest BCUT2D eigenvalue weighted by Gasteiger charge is -2.00. The minimum atomic E-state index is -0.387. The summed E-state index contributed by atoms with van der Waals surface area (Å²) in [5.74, 6) is -0.0577. The van der Waals surface area contributed by atoms with Gasteiger partial charge in [-0.25, -0.2) is 4.79 Å². The van der Waals surface area contributed by atoms with Gasteiger partial charge >= 0.3 is 5.97 Å². The van der Waals surface area contributed by atoms with Crippen molar-refractivity contribution in [2.45, 2.75) is 13.5 Å². The van der Waals surface area contributed by atoms with E-state index in [0.717, 1.165) is 6.54 Å². The zero-order valence-corrected chi connectivity index (χ0v) is 8.96. The van der Waals surface area contributed by atoms with E-state index in [2.05, 4.69) is 5.10 Å². The number of aromatic nitrogens is 2. The van der Waals surface area contributed by atoms with Crippen molar-refractivity contribution in [3.8, 4) is 5.88 Å². The number of nitrogens with zero attached hydrogens (tertiary/aromatic N) is 2. The Balaban J connectivity index is 2.08. The van der Waals surface area contributed by atoms with Gasteiger partial charge in [0.05, 0.1) is 5.56 Å². The second-order valence-corrected chi connectivity index (χ2v) is 3.27. The van der Waals surface area contributed by atoms with Crippen LogP contribution >= 0.6 is 0 Å². The van der Waals surface area contributed by atoms with E-state index in [1.165, 1.54) is 0 Å². The predicted molar refractivity (Wildman–Crippen MR) is 59.3 cm³/mol. The van der Waals surface area contributed by atoms with Gasteiger partial charge in [0.2, 0.25) is 5.88 Å². The van der Waals surface area contributed by atoms with Crippen LogP contribution in [0.3, 0.4) is 0 Å². The van der Waals surface area contributed by atoms with Gasteiger partial charge in [-0.15, -0.1) is 5.10 Å². The Bertz CT molecular complexity index is 477. The molecule has 4 heteroatoms. The molecule has 0 spiro atoms. The minimum absolute atomic E-state index is 0.329. The Morgan fingerprint density at radius 2 is 2.06 bits per heavy atom. The quantitative estimate of drug-likeness (QED) is 0.738. The highest BCUT2D eigenvalue weighted by Crippen LogP contribution is 2.09. The monoisotopic (exact) mass is 216 g/mol. The van der Waals surface area contributed by atoms with E-state index in [4.69, 9.17) is 4.74 Å². The number of aryl methyl sites for hydroxylation is 1. The third-order valence-electron chi connectivity index (χ3n) is 2.15. The summed E-state index contributed by atoms with van der Waals surface area (Å²) in [5.41, 5.74) is 0.522. The maximum Gasteiger partial charge on any atom is 0.344 e. The molecule has 0 atom stereocenters. The van der Waals surface area contributed by atoms with E-state index in [1.54, 1.807) is 41.2 Å². The van der Waals surface area contributed by atoms with Gasteiger partial charge in [-0.3, -0.25) is 4.68 Å². The Labute approximate surface area is 93.5 Å². The molecule has 0 N–H and O–H groups in total. The first kappa shape index (κ1) is 10.4. The number of benzene rings is 1. The van der Waals surface area contributed by atoms with Crippen LogP contribution < -0.4 is 4.74 Å². The molecule has 0 saturated heterocycles. The molecule has 1 heterocycles.